The molecular formula is C12H22N4O3S. The van der Waals surface area contributed by atoms with Crippen LogP contribution in [0.1, 0.15) is 12.1 Å². The Hall–Kier alpha value is -0.960. The lowest BCUT2D eigenvalue weighted by molar-refractivity contribution is 0.0302. The molecule has 0 unspecified atom stereocenters. The predicted octanol–water partition coefficient (Wildman–Crippen LogP) is -0.584. The van der Waals surface area contributed by atoms with Gasteiger partial charge in [0.05, 0.1) is 11.3 Å². The van der Waals surface area contributed by atoms with E-state index in [2.05, 4.69) is 5.10 Å². The van der Waals surface area contributed by atoms with Gasteiger partial charge in [0.1, 0.15) is 4.90 Å². The standard InChI is InChI=1S/C12H22N4O3S/c1-10-11(7-15(4)13-10)20(18,19)16-6-5-12(17,9-16)8-14(2)3/h7,17H,5-6,8-9H2,1-4H3/t12-/m1/s1. The zero-order valence-corrected chi connectivity index (χ0v) is 13.2. The fourth-order valence-corrected chi connectivity index (χ4v) is 4.43. The second kappa shape index (κ2) is 5.10. The van der Waals surface area contributed by atoms with Crippen molar-refractivity contribution in [2.24, 2.45) is 7.05 Å². The van der Waals surface area contributed by atoms with Gasteiger partial charge in [-0.2, -0.15) is 9.40 Å². The summed E-state index contributed by atoms with van der Waals surface area (Å²) in [4.78, 5) is 2.08. The smallest absolute Gasteiger partial charge is 0.246 e. The molecule has 2 rings (SSSR count). The Morgan fingerprint density at radius 2 is 2.15 bits per heavy atom. The molecule has 0 amide bonds. The van der Waals surface area contributed by atoms with Crippen molar-refractivity contribution < 1.29 is 13.5 Å². The van der Waals surface area contributed by atoms with Crippen LogP contribution >= 0.6 is 0 Å². The minimum absolute atomic E-state index is 0.127. The number of rotatable bonds is 4. The molecule has 1 aliphatic heterocycles. The number of aliphatic hydroxyl groups is 1. The Bertz CT molecular complexity index is 596. The van der Waals surface area contributed by atoms with Crippen molar-refractivity contribution in [1.82, 2.24) is 19.0 Å². The number of aromatic nitrogens is 2. The molecule has 114 valence electrons. The molecule has 0 aliphatic carbocycles. The summed E-state index contributed by atoms with van der Waals surface area (Å²) in [5.41, 5.74) is -0.497. The van der Waals surface area contributed by atoms with Gasteiger partial charge in [0.2, 0.25) is 10.0 Å². The summed E-state index contributed by atoms with van der Waals surface area (Å²) < 4.78 is 28.0. The van der Waals surface area contributed by atoms with Gasteiger partial charge in [-0.3, -0.25) is 4.68 Å². The van der Waals surface area contributed by atoms with E-state index in [1.807, 2.05) is 19.0 Å². The molecule has 1 aromatic heterocycles. The normalized spacial score (nSPS) is 24.7. The van der Waals surface area contributed by atoms with Crippen molar-refractivity contribution >= 4 is 10.0 Å². The third kappa shape index (κ3) is 2.88. The van der Waals surface area contributed by atoms with Crippen molar-refractivity contribution in [3.63, 3.8) is 0 Å². The highest BCUT2D eigenvalue weighted by Gasteiger charge is 2.42. The fraction of sp³-hybridized carbons (Fsp3) is 0.750. The third-order valence-electron chi connectivity index (χ3n) is 3.49. The third-order valence-corrected chi connectivity index (χ3v) is 5.44. The second-order valence-corrected chi connectivity index (χ2v) is 7.71. The van der Waals surface area contributed by atoms with Crippen LogP contribution in [0.3, 0.4) is 0 Å². The Labute approximate surface area is 119 Å². The summed E-state index contributed by atoms with van der Waals surface area (Å²) in [5, 5.41) is 14.5. The molecule has 1 N–H and O–H groups in total. The molecule has 1 aliphatic rings. The van der Waals surface area contributed by atoms with Crippen LogP contribution in [0.25, 0.3) is 0 Å². The van der Waals surface area contributed by atoms with E-state index < -0.39 is 15.6 Å². The summed E-state index contributed by atoms with van der Waals surface area (Å²) in [6.45, 7) is 2.59. The lowest BCUT2D eigenvalue weighted by atomic mass is 10.0. The molecule has 2 heterocycles. The lowest BCUT2D eigenvalue weighted by Crippen LogP contribution is -2.43. The largest absolute Gasteiger partial charge is 0.387 e. The van der Waals surface area contributed by atoms with E-state index in [0.717, 1.165) is 0 Å². The average molecular weight is 302 g/mol. The molecule has 1 fully saturated rings. The Morgan fingerprint density at radius 1 is 1.50 bits per heavy atom. The van der Waals surface area contributed by atoms with E-state index in [9.17, 15) is 13.5 Å². The molecule has 20 heavy (non-hydrogen) atoms. The molecule has 0 saturated carbocycles. The molecule has 1 atom stereocenters. The van der Waals surface area contributed by atoms with Crippen LogP contribution in [0.5, 0.6) is 0 Å². The average Bonchev–Trinajstić information content (AvgIpc) is 2.81. The highest BCUT2D eigenvalue weighted by molar-refractivity contribution is 7.89. The number of aryl methyl sites for hydroxylation is 2. The van der Waals surface area contributed by atoms with Crippen molar-refractivity contribution in [1.29, 1.82) is 0 Å². The SMILES string of the molecule is Cc1nn(C)cc1S(=O)(=O)N1CC[C@@](O)(CN(C)C)C1. The van der Waals surface area contributed by atoms with Gasteiger partial charge >= 0.3 is 0 Å². The molecule has 0 aromatic carbocycles. The van der Waals surface area contributed by atoms with E-state index in [4.69, 9.17) is 0 Å². The van der Waals surface area contributed by atoms with Crippen molar-refractivity contribution in [3.8, 4) is 0 Å². The lowest BCUT2D eigenvalue weighted by Gasteiger charge is -2.26. The monoisotopic (exact) mass is 302 g/mol. The van der Waals surface area contributed by atoms with Gasteiger partial charge in [0.15, 0.2) is 0 Å². The zero-order chi connectivity index (χ0) is 15.1. The summed E-state index contributed by atoms with van der Waals surface area (Å²) in [6.07, 6.45) is 1.96. The van der Waals surface area contributed by atoms with Crippen LogP contribution < -0.4 is 0 Å². The van der Waals surface area contributed by atoms with Crippen LogP contribution in [0.2, 0.25) is 0 Å². The van der Waals surface area contributed by atoms with Gasteiger partial charge in [-0.1, -0.05) is 0 Å². The first-order chi connectivity index (χ1) is 9.14. The molecule has 1 saturated heterocycles. The predicted molar refractivity (Wildman–Crippen MR) is 74.8 cm³/mol. The Morgan fingerprint density at radius 3 is 2.65 bits per heavy atom. The van der Waals surface area contributed by atoms with E-state index >= 15 is 0 Å². The van der Waals surface area contributed by atoms with E-state index in [0.29, 0.717) is 25.2 Å². The topological polar surface area (TPSA) is 78.7 Å². The molecule has 1 aromatic rings. The maximum atomic E-state index is 12.6. The van der Waals surface area contributed by atoms with Gasteiger partial charge in [0.25, 0.3) is 0 Å². The number of β-amino-alcohol motifs (C(OH)–C–C–N with tert-alkyl or cyclic N) is 1. The first-order valence-electron chi connectivity index (χ1n) is 6.52. The van der Waals surface area contributed by atoms with Crippen LogP contribution in [0.4, 0.5) is 0 Å². The summed E-state index contributed by atoms with van der Waals surface area (Å²) in [7, 11) is 1.83. The first kappa shape index (κ1) is 15.4. The number of likely N-dealkylation sites (N-methyl/N-ethyl adjacent to an activating group) is 1. The summed E-state index contributed by atoms with van der Waals surface area (Å²) in [5.74, 6) is 0. The van der Waals surface area contributed by atoms with Gasteiger partial charge in [-0.25, -0.2) is 8.42 Å². The first-order valence-corrected chi connectivity index (χ1v) is 7.96. The number of sulfonamides is 1. The van der Waals surface area contributed by atoms with Gasteiger partial charge in [0, 0.05) is 32.9 Å². The zero-order valence-electron chi connectivity index (χ0n) is 12.4. The highest BCUT2D eigenvalue weighted by atomic mass is 32.2. The Kier molecular flexibility index (Phi) is 3.94. The maximum absolute atomic E-state index is 12.6. The Balaban J connectivity index is 2.23. The second-order valence-electron chi connectivity index (χ2n) is 5.80. The van der Waals surface area contributed by atoms with E-state index in [1.54, 1.807) is 14.0 Å². The summed E-state index contributed by atoms with van der Waals surface area (Å²) >= 11 is 0. The number of hydrogen-bond donors (Lipinski definition) is 1. The van der Waals surface area contributed by atoms with Crippen molar-refractivity contribution in [2.75, 3.05) is 33.7 Å². The van der Waals surface area contributed by atoms with E-state index in [1.165, 1.54) is 15.2 Å². The molecule has 0 radical (unpaired) electrons. The van der Waals surface area contributed by atoms with Crippen LogP contribution in [-0.2, 0) is 17.1 Å². The van der Waals surface area contributed by atoms with Gasteiger partial charge in [-0.05, 0) is 27.4 Å². The molecule has 0 spiro atoms. The quantitative estimate of drug-likeness (QED) is 0.805. The minimum Gasteiger partial charge on any atom is -0.387 e. The number of hydrogen-bond acceptors (Lipinski definition) is 5. The maximum Gasteiger partial charge on any atom is 0.246 e. The molecular weight excluding hydrogens is 280 g/mol. The summed E-state index contributed by atoms with van der Waals surface area (Å²) in [6, 6.07) is 0. The number of nitrogens with zero attached hydrogens (tertiary/aromatic N) is 4. The van der Waals surface area contributed by atoms with Gasteiger partial charge in [-0.15, -0.1) is 0 Å². The van der Waals surface area contributed by atoms with Crippen LogP contribution in [0.15, 0.2) is 11.1 Å². The highest BCUT2D eigenvalue weighted by Crippen LogP contribution is 2.28. The fourth-order valence-electron chi connectivity index (χ4n) is 2.71. The van der Waals surface area contributed by atoms with Crippen molar-refractivity contribution in [3.05, 3.63) is 11.9 Å². The molecule has 8 heteroatoms. The molecule has 7 nitrogen and oxygen atoms in total. The van der Waals surface area contributed by atoms with Crippen LogP contribution in [0, 0.1) is 6.92 Å². The minimum atomic E-state index is -3.58. The molecule has 0 bridgehead atoms. The van der Waals surface area contributed by atoms with Crippen LogP contribution in [-0.4, -0.2) is 71.8 Å². The van der Waals surface area contributed by atoms with E-state index in [-0.39, 0.29) is 11.4 Å². The van der Waals surface area contributed by atoms with Gasteiger partial charge < -0.3 is 10.0 Å². The van der Waals surface area contributed by atoms with Crippen molar-refractivity contribution in [2.45, 2.75) is 23.8 Å².